The predicted molar refractivity (Wildman–Crippen MR) is 75.2 cm³/mol. The summed E-state index contributed by atoms with van der Waals surface area (Å²) in [5, 5.41) is 9.70. The van der Waals surface area contributed by atoms with Crippen molar-refractivity contribution in [3.8, 4) is 0 Å². The first-order chi connectivity index (χ1) is 8.93. The van der Waals surface area contributed by atoms with Crippen molar-refractivity contribution in [3.05, 3.63) is 23.9 Å². The summed E-state index contributed by atoms with van der Waals surface area (Å²) >= 11 is 0. The Labute approximate surface area is 114 Å². The molecule has 0 bridgehead atoms. The normalized spacial score (nSPS) is 12.0. The van der Waals surface area contributed by atoms with E-state index in [2.05, 4.69) is 22.1 Å². The van der Waals surface area contributed by atoms with Gasteiger partial charge < -0.3 is 5.32 Å². The van der Waals surface area contributed by atoms with Crippen LogP contribution >= 0.6 is 0 Å². The molecule has 1 aromatic rings. The minimum absolute atomic E-state index is 0.163. The van der Waals surface area contributed by atoms with Crippen LogP contribution in [0.25, 0.3) is 0 Å². The Hall–Kier alpha value is -1.18. The van der Waals surface area contributed by atoms with E-state index in [9.17, 15) is 8.42 Å². The zero-order valence-electron chi connectivity index (χ0n) is 11.7. The van der Waals surface area contributed by atoms with Gasteiger partial charge in [0.05, 0.1) is 6.20 Å². The van der Waals surface area contributed by atoms with Crippen LogP contribution in [0.15, 0.2) is 23.4 Å². The highest BCUT2D eigenvalue weighted by Crippen LogP contribution is 2.18. The molecule has 7 heteroatoms. The molecule has 0 aliphatic carbocycles. The number of rotatable bonds is 8. The third kappa shape index (κ3) is 3.89. The van der Waals surface area contributed by atoms with Crippen molar-refractivity contribution in [3.63, 3.8) is 0 Å². The average Bonchev–Trinajstić information content (AvgIpc) is 2.81. The number of hydrogen-bond donors (Lipinski definition) is 2. The van der Waals surface area contributed by atoms with E-state index in [-0.39, 0.29) is 5.03 Å². The quantitative estimate of drug-likeness (QED) is 0.702. The molecule has 19 heavy (non-hydrogen) atoms. The van der Waals surface area contributed by atoms with Crippen LogP contribution in [0.5, 0.6) is 0 Å². The number of nitrogens with zero attached hydrogens (tertiary/aromatic N) is 2. The number of H-pyrrole nitrogens is 1. The predicted octanol–water partition coefficient (Wildman–Crippen LogP) is 1.11. The van der Waals surface area contributed by atoms with Gasteiger partial charge in [-0.2, -0.15) is 9.40 Å². The smallest absolute Gasteiger partial charge is 0.260 e. The topological polar surface area (TPSA) is 78.1 Å². The van der Waals surface area contributed by atoms with Crippen LogP contribution in [0.1, 0.15) is 26.3 Å². The minimum Gasteiger partial charge on any atom is -0.313 e. The van der Waals surface area contributed by atoms with Crippen molar-refractivity contribution in [2.24, 2.45) is 0 Å². The molecule has 0 amide bonds. The molecule has 0 fully saturated rings. The summed E-state index contributed by atoms with van der Waals surface area (Å²) in [4.78, 5) is 0. The standard InChI is InChI=1S/C12H22N4O2S/c1-5-13-7-11-8-14-15-12(11)19(17,18)16(6-2)9-10(3)4/h8,13H,3,5-7,9H2,1-2,4H3,(H,14,15). The molecular formula is C12H22N4O2S. The van der Waals surface area contributed by atoms with E-state index in [4.69, 9.17) is 0 Å². The van der Waals surface area contributed by atoms with Crippen molar-refractivity contribution in [1.82, 2.24) is 19.8 Å². The van der Waals surface area contributed by atoms with Gasteiger partial charge >= 0.3 is 0 Å². The number of aromatic nitrogens is 2. The first-order valence-corrected chi connectivity index (χ1v) is 7.75. The largest absolute Gasteiger partial charge is 0.313 e. The van der Waals surface area contributed by atoms with E-state index in [0.717, 1.165) is 12.1 Å². The first-order valence-electron chi connectivity index (χ1n) is 6.30. The molecule has 0 aromatic carbocycles. The van der Waals surface area contributed by atoms with E-state index >= 15 is 0 Å². The second-order valence-corrected chi connectivity index (χ2v) is 6.27. The highest BCUT2D eigenvalue weighted by molar-refractivity contribution is 7.89. The van der Waals surface area contributed by atoms with Crippen molar-refractivity contribution in [1.29, 1.82) is 0 Å². The van der Waals surface area contributed by atoms with Gasteiger partial charge in [-0.3, -0.25) is 5.10 Å². The third-order valence-corrected chi connectivity index (χ3v) is 4.58. The molecule has 0 unspecified atom stereocenters. The molecular weight excluding hydrogens is 264 g/mol. The zero-order chi connectivity index (χ0) is 14.5. The lowest BCUT2D eigenvalue weighted by molar-refractivity contribution is 0.449. The summed E-state index contributed by atoms with van der Waals surface area (Å²) in [5.41, 5.74) is 1.46. The summed E-state index contributed by atoms with van der Waals surface area (Å²) in [5.74, 6) is 0. The number of sulfonamides is 1. The Bertz CT molecular complexity index is 522. The SMILES string of the molecule is C=C(C)CN(CC)S(=O)(=O)c1[nH]ncc1CNCC. The third-order valence-electron chi connectivity index (χ3n) is 2.64. The summed E-state index contributed by atoms with van der Waals surface area (Å²) in [7, 11) is -3.55. The first kappa shape index (κ1) is 15.9. The molecule has 108 valence electrons. The van der Waals surface area contributed by atoms with E-state index in [1.165, 1.54) is 4.31 Å². The fourth-order valence-electron chi connectivity index (χ4n) is 1.71. The summed E-state index contributed by atoms with van der Waals surface area (Å²) in [6, 6.07) is 0. The Balaban J connectivity index is 3.04. The summed E-state index contributed by atoms with van der Waals surface area (Å²) < 4.78 is 26.4. The maximum absolute atomic E-state index is 12.5. The lowest BCUT2D eigenvalue weighted by atomic mass is 10.3. The van der Waals surface area contributed by atoms with Gasteiger partial charge in [-0.05, 0) is 13.5 Å². The molecule has 0 saturated carbocycles. The van der Waals surface area contributed by atoms with Gasteiger partial charge in [0, 0.05) is 25.2 Å². The lowest BCUT2D eigenvalue weighted by Crippen LogP contribution is -2.33. The van der Waals surface area contributed by atoms with Gasteiger partial charge in [-0.15, -0.1) is 0 Å². The summed E-state index contributed by atoms with van der Waals surface area (Å²) in [6.45, 7) is 11.3. The molecule has 1 aromatic heterocycles. The van der Waals surface area contributed by atoms with Crippen LogP contribution in [0.4, 0.5) is 0 Å². The molecule has 2 N–H and O–H groups in total. The van der Waals surface area contributed by atoms with Crippen LogP contribution in [-0.4, -0.2) is 42.6 Å². The van der Waals surface area contributed by atoms with Crippen LogP contribution in [0.3, 0.4) is 0 Å². The van der Waals surface area contributed by atoms with E-state index in [0.29, 0.717) is 25.2 Å². The van der Waals surface area contributed by atoms with Crippen molar-refractivity contribution in [2.45, 2.75) is 32.3 Å². The van der Waals surface area contributed by atoms with Crippen molar-refractivity contribution < 1.29 is 8.42 Å². The highest BCUT2D eigenvalue weighted by atomic mass is 32.2. The maximum Gasteiger partial charge on any atom is 0.260 e. The monoisotopic (exact) mass is 286 g/mol. The highest BCUT2D eigenvalue weighted by Gasteiger charge is 2.27. The number of nitrogens with one attached hydrogen (secondary N) is 2. The van der Waals surface area contributed by atoms with Crippen molar-refractivity contribution >= 4 is 10.0 Å². The second-order valence-electron chi connectivity index (χ2n) is 4.39. The van der Waals surface area contributed by atoms with Gasteiger partial charge in [0.2, 0.25) is 0 Å². The van der Waals surface area contributed by atoms with Gasteiger partial charge in [-0.25, -0.2) is 8.42 Å². The zero-order valence-corrected chi connectivity index (χ0v) is 12.5. The number of hydrogen-bond acceptors (Lipinski definition) is 4. The molecule has 1 rings (SSSR count). The van der Waals surface area contributed by atoms with Gasteiger partial charge in [-0.1, -0.05) is 26.0 Å². The van der Waals surface area contributed by atoms with Crippen molar-refractivity contribution in [2.75, 3.05) is 19.6 Å². The van der Waals surface area contributed by atoms with Crippen LogP contribution in [0.2, 0.25) is 0 Å². The van der Waals surface area contributed by atoms with E-state index in [1.807, 2.05) is 13.8 Å². The average molecular weight is 286 g/mol. The Morgan fingerprint density at radius 3 is 2.74 bits per heavy atom. The Morgan fingerprint density at radius 1 is 1.53 bits per heavy atom. The second kappa shape index (κ2) is 6.83. The fourth-order valence-corrected chi connectivity index (χ4v) is 3.32. The van der Waals surface area contributed by atoms with Gasteiger partial charge in [0.1, 0.15) is 0 Å². The Morgan fingerprint density at radius 2 is 2.21 bits per heavy atom. The molecule has 0 saturated heterocycles. The maximum atomic E-state index is 12.5. The molecule has 0 aliphatic heterocycles. The van der Waals surface area contributed by atoms with E-state index < -0.39 is 10.0 Å². The molecule has 6 nitrogen and oxygen atoms in total. The van der Waals surface area contributed by atoms with Gasteiger partial charge in [0.15, 0.2) is 5.03 Å². The molecule has 1 heterocycles. The number of aromatic amines is 1. The molecule has 0 radical (unpaired) electrons. The summed E-state index contributed by atoms with van der Waals surface area (Å²) in [6.07, 6.45) is 1.55. The van der Waals surface area contributed by atoms with Crippen LogP contribution in [0, 0.1) is 0 Å². The fraction of sp³-hybridized carbons (Fsp3) is 0.583. The lowest BCUT2D eigenvalue weighted by Gasteiger charge is -2.20. The van der Waals surface area contributed by atoms with Crippen LogP contribution in [-0.2, 0) is 16.6 Å². The van der Waals surface area contributed by atoms with E-state index in [1.54, 1.807) is 13.1 Å². The molecule has 0 atom stereocenters. The molecule has 0 aliphatic rings. The van der Waals surface area contributed by atoms with Crippen LogP contribution < -0.4 is 5.32 Å². The minimum atomic E-state index is -3.55. The molecule has 0 spiro atoms. The van der Waals surface area contributed by atoms with Gasteiger partial charge in [0.25, 0.3) is 10.0 Å². The number of likely N-dealkylation sites (N-methyl/N-ethyl adjacent to an activating group) is 1. The Kier molecular flexibility index (Phi) is 5.71.